The first kappa shape index (κ1) is 16.9. The Balaban J connectivity index is 2.28. The third-order valence-electron chi connectivity index (χ3n) is 3.52. The molecule has 23 heavy (non-hydrogen) atoms. The highest BCUT2D eigenvalue weighted by Crippen LogP contribution is 2.17. The summed E-state index contributed by atoms with van der Waals surface area (Å²) in [6, 6.07) is 1.78. The number of carbonyl (C=O) groups is 2. The van der Waals surface area contributed by atoms with Gasteiger partial charge in [-0.25, -0.2) is 4.98 Å². The van der Waals surface area contributed by atoms with Crippen LogP contribution in [0.4, 0.5) is 0 Å². The Hall–Kier alpha value is -2.44. The molecule has 0 fully saturated rings. The highest BCUT2D eigenvalue weighted by molar-refractivity contribution is 5.98. The summed E-state index contributed by atoms with van der Waals surface area (Å²) in [5, 5.41) is 5.14. The Labute approximate surface area is 135 Å². The predicted octanol–water partition coefficient (Wildman–Crippen LogP) is 1.69. The average Bonchev–Trinajstić information content (AvgIpc) is 2.80. The first-order valence-corrected chi connectivity index (χ1v) is 7.72. The second-order valence-corrected chi connectivity index (χ2v) is 5.34. The molecule has 2 aromatic heterocycles. The SMILES string of the molecule is CCCN(CC(=O)OCC)C(=O)c1cnc2c(c1)c(C)nn2C. The number of fused-ring (bicyclic) bond motifs is 1. The van der Waals surface area contributed by atoms with Crippen molar-refractivity contribution in [3.8, 4) is 0 Å². The minimum atomic E-state index is -0.402. The van der Waals surface area contributed by atoms with Gasteiger partial charge in [-0.05, 0) is 26.3 Å². The van der Waals surface area contributed by atoms with E-state index in [1.807, 2.05) is 20.9 Å². The van der Waals surface area contributed by atoms with Gasteiger partial charge in [-0.15, -0.1) is 0 Å². The molecule has 0 N–H and O–H groups in total. The number of aryl methyl sites for hydroxylation is 2. The summed E-state index contributed by atoms with van der Waals surface area (Å²) in [5.41, 5.74) is 2.00. The van der Waals surface area contributed by atoms with Crippen molar-refractivity contribution in [2.24, 2.45) is 7.05 Å². The second kappa shape index (κ2) is 7.21. The molecule has 0 atom stereocenters. The van der Waals surface area contributed by atoms with Crippen LogP contribution in [0.1, 0.15) is 36.3 Å². The van der Waals surface area contributed by atoms with Crippen LogP contribution in [0.3, 0.4) is 0 Å². The highest BCUT2D eigenvalue weighted by atomic mass is 16.5. The Bertz CT molecular complexity index is 723. The number of nitrogens with zero attached hydrogens (tertiary/aromatic N) is 4. The van der Waals surface area contributed by atoms with E-state index in [2.05, 4.69) is 10.1 Å². The Morgan fingerprint density at radius 3 is 2.74 bits per heavy atom. The first-order chi connectivity index (χ1) is 11.0. The van der Waals surface area contributed by atoms with Crippen molar-refractivity contribution in [1.82, 2.24) is 19.7 Å². The summed E-state index contributed by atoms with van der Waals surface area (Å²) in [6.45, 7) is 6.31. The molecule has 0 radical (unpaired) electrons. The van der Waals surface area contributed by atoms with Gasteiger partial charge in [0, 0.05) is 25.2 Å². The number of esters is 1. The third-order valence-corrected chi connectivity index (χ3v) is 3.52. The summed E-state index contributed by atoms with van der Waals surface area (Å²) in [6.07, 6.45) is 2.28. The molecule has 0 spiro atoms. The van der Waals surface area contributed by atoms with Gasteiger partial charge in [0.1, 0.15) is 6.54 Å². The molecule has 7 heteroatoms. The molecule has 2 aromatic rings. The zero-order chi connectivity index (χ0) is 17.0. The van der Waals surface area contributed by atoms with Crippen LogP contribution in [0.5, 0.6) is 0 Å². The van der Waals surface area contributed by atoms with Crippen LogP contribution in [0.15, 0.2) is 12.3 Å². The summed E-state index contributed by atoms with van der Waals surface area (Å²) in [4.78, 5) is 30.2. The lowest BCUT2D eigenvalue weighted by atomic mass is 10.2. The standard InChI is InChI=1S/C16H22N4O3/c1-5-7-20(10-14(21)23-6-2)16(22)12-8-13-11(3)18-19(4)15(13)17-9-12/h8-9H,5-7,10H2,1-4H3. The number of amides is 1. The van der Waals surface area contributed by atoms with Crippen molar-refractivity contribution in [2.75, 3.05) is 19.7 Å². The van der Waals surface area contributed by atoms with Crippen molar-refractivity contribution >= 4 is 22.9 Å². The van der Waals surface area contributed by atoms with E-state index in [1.54, 1.807) is 17.7 Å². The van der Waals surface area contributed by atoms with E-state index in [0.717, 1.165) is 23.1 Å². The van der Waals surface area contributed by atoms with E-state index in [4.69, 9.17) is 4.74 Å². The maximum atomic E-state index is 12.7. The number of rotatable bonds is 6. The van der Waals surface area contributed by atoms with Gasteiger partial charge in [0.05, 0.1) is 17.9 Å². The topological polar surface area (TPSA) is 77.3 Å². The average molecular weight is 318 g/mol. The minimum absolute atomic E-state index is 0.0510. The van der Waals surface area contributed by atoms with Crippen molar-refractivity contribution < 1.29 is 14.3 Å². The largest absolute Gasteiger partial charge is 0.465 e. The lowest BCUT2D eigenvalue weighted by Crippen LogP contribution is -2.37. The summed E-state index contributed by atoms with van der Waals surface area (Å²) >= 11 is 0. The predicted molar refractivity (Wildman–Crippen MR) is 86.1 cm³/mol. The molecule has 1 amide bonds. The first-order valence-electron chi connectivity index (χ1n) is 7.72. The Morgan fingerprint density at radius 1 is 1.35 bits per heavy atom. The molecular formula is C16H22N4O3. The van der Waals surface area contributed by atoms with E-state index in [9.17, 15) is 9.59 Å². The van der Waals surface area contributed by atoms with Crippen LogP contribution in [0.2, 0.25) is 0 Å². The van der Waals surface area contributed by atoms with E-state index in [-0.39, 0.29) is 12.5 Å². The lowest BCUT2D eigenvalue weighted by Gasteiger charge is -2.21. The van der Waals surface area contributed by atoms with Crippen LogP contribution < -0.4 is 0 Å². The van der Waals surface area contributed by atoms with Crippen LogP contribution in [0, 0.1) is 6.92 Å². The van der Waals surface area contributed by atoms with Crippen molar-refractivity contribution in [1.29, 1.82) is 0 Å². The molecule has 0 aromatic carbocycles. The number of hydrogen-bond donors (Lipinski definition) is 0. The summed E-state index contributed by atoms with van der Waals surface area (Å²) in [7, 11) is 1.81. The molecule has 0 aliphatic carbocycles. The summed E-state index contributed by atoms with van der Waals surface area (Å²) in [5.74, 6) is -0.626. The Morgan fingerprint density at radius 2 is 2.09 bits per heavy atom. The van der Waals surface area contributed by atoms with Gasteiger partial charge >= 0.3 is 5.97 Å². The normalized spacial score (nSPS) is 10.8. The maximum Gasteiger partial charge on any atom is 0.325 e. The molecule has 0 aliphatic heterocycles. The van der Waals surface area contributed by atoms with Gasteiger partial charge in [-0.3, -0.25) is 14.3 Å². The molecule has 0 saturated carbocycles. The third kappa shape index (κ3) is 3.67. The minimum Gasteiger partial charge on any atom is -0.465 e. The number of ether oxygens (including phenoxy) is 1. The van der Waals surface area contributed by atoms with Gasteiger partial charge in [0.15, 0.2) is 5.65 Å². The van der Waals surface area contributed by atoms with Gasteiger partial charge in [0.2, 0.25) is 0 Å². The van der Waals surface area contributed by atoms with E-state index < -0.39 is 5.97 Å². The molecule has 0 saturated heterocycles. The molecule has 7 nitrogen and oxygen atoms in total. The van der Waals surface area contributed by atoms with E-state index in [1.165, 1.54) is 11.1 Å². The zero-order valence-corrected chi connectivity index (χ0v) is 14.0. The molecule has 2 rings (SSSR count). The number of aromatic nitrogens is 3. The quantitative estimate of drug-likeness (QED) is 0.758. The fourth-order valence-electron chi connectivity index (χ4n) is 2.49. The number of hydrogen-bond acceptors (Lipinski definition) is 5. The fraction of sp³-hybridized carbons (Fsp3) is 0.500. The smallest absolute Gasteiger partial charge is 0.325 e. The maximum absolute atomic E-state index is 12.7. The zero-order valence-electron chi connectivity index (χ0n) is 14.0. The Kier molecular flexibility index (Phi) is 5.31. The van der Waals surface area contributed by atoms with E-state index >= 15 is 0 Å². The molecule has 0 unspecified atom stereocenters. The van der Waals surface area contributed by atoms with Crippen LogP contribution in [0.25, 0.3) is 11.0 Å². The molecule has 124 valence electrons. The highest BCUT2D eigenvalue weighted by Gasteiger charge is 2.20. The molecular weight excluding hydrogens is 296 g/mol. The van der Waals surface area contributed by atoms with Gasteiger partial charge in [0.25, 0.3) is 5.91 Å². The van der Waals surface area contributed by atoms with Crippen LogP contribution >= 0.6 is 0 Å². The molecule has 0 bridgehead atoms. The summed E-state index contributed by atoms with van der Waals surface area (Å²) < 4.78 is 6.62. The number of pyridine rings is 1. The second-order valence-electron chi connectivity index (χ2n) is 5.34. The number of carbonyl (C=O) groups excluding carboxylic acids is 2. The van der Waals surface area contributed by atoms with Crippen LogP contribution in [-0.4, -0.2) is 51.2 Å². The van der Waals surface area contributed by atoms with Gasteiger partial charge < -0.3 is 9.64 Å². The lowest BCUT2D eigenvalue weighted by molar-refractivity contribution is -0.143. The molecule has 2 heterocycles. The van der Waals surface area contributed by atoms with Crippen LogP contribution in [-0.2, 0) is 16.6 Å². The van der Waals surface area contributed by atoms with Crippen molar-refractivity contribution in [3.63, 3.8) is 0 Å². The van der Waals surface area contributed by atoms with Gasteiger partial charge in [-0.2, -0.15) is 5.10 Å². The monoisotopic (exact) mass is 318 g/mol. The van der Waals surface area contributed by atoms with Crippen molar-refractivity contribution in [3.05, 3.63) is 23.5 Å². The molecule has 0 aliphatic rings. The van der Waals surface area contributed by atoms with Gasteiger partial charge in [-0.1, -0.05) is 6.92 Å². The fourth-order valence-corrected chi connectivity index (χ4v) is 2.49. The van der Waals surface area contributed by atoms with E-state index in [0.29, 0.717) is 18.7 Å². The van der Waals surface area contributed by atoms with Crippen molar-refractivity contribution in [2.45, 2.75) is 27.2 Å².